The average molecular weight is 439 g/mol. The van der Waals surface area contributed by atoms with E-state index in [9.17, 15) is 13.2 Å². The minimum Gasteiger partial charge on any atom is -0.481 e. The molecule has 0 fully saturated rings. The summed E-state index contributed by atoms with van der Waals surface area (Å²) in [5.41, 5.74) is 3.10. The zero-order valence-corrected chi connectivity index (χ0v) is 17.0. The molecule has 2 aromatic heterocycles. The number of carboxylic acid groups (broad SMARTS) is 1. The van der Waals surface area contributed by atoms with E-state index in [-0.39, 0.29) is 12.4 Å². The Labute approximate surface area is 176 Å². The second kappa shape index (κ2) is 7.99. The molecule has 11 nitrogen and oxygen atoms in total. The Hall–Kier alpha value is -4.06. The van der Waals surface area contributed by atoms with Crippen LogP contribution in [0, 0.1) is 0 Å². The second-order valence-corrected chi connectivity index (χ2v) is 8.47. The van der Waals surface area contributed by atoms with Gasteiger partial charge in [0.25, 0.3) is 0 Å². The molecule has 2 aromatic carbocycles. The van der Waals surface area contributed by atoms with E-state index >= 15 is 0 Å². The largest absolute Gasteiger partial charge is 0.481 e. The van der Waals surface area contributed by atoms with Gasteiger partial charge in [-0.15, -0.1) is 5.10 Å². The summed E-state index contributed by atoms with van der Waals surface area (Å²) in [4.78, 5) is 19.7. The Bertz CT molecular complexity index is 1390. The van der Waals surface area contributed by atoms with Gasteiger partial charge in [0.2, 0.25) is 16.0 Å². The van der Waals surface area contributed by atoms with Gasteiger partial charge in [0.1, 0.15) is 0 Å². The minimum atomic E-state index is -3.40. The Morgan fingerprint density at radius 1 is 1.13 bits per heavy atom. The van der Waals surface area contributed by atoms with E-state index in [0.29, 0.717) is 33.8 Å². The number of aromatic nitrogens is 5. The number of nitrogens with zero attached hydrogens (tertiary/aromatic N) is 5. The summed E-state index contributed by atoms with van der Waals surface area (Å²) >= 11 is 0. The van der Waals surface area contributed by atoms with Gasteiger partial charge in [-0.2, -0.15) is 9.67 Å². The maximum atomic E-state index is 11.4. The van der Waals surface area contributed by atoms with Crippen molar-refractivity contribution in [1.82, 2.24) is 25.0 Å². The molecule has 0 aliphatic heterocycles. The zero-order valence-electron chi connectivity index (χ0n) is 16.2. The molecule has 0 saturated carbocycles. The first kappa shape index (κ1) is 20.2. The van der Waals surface area contributed by atoms with Gasteiger partial charge in [0.15, 0.2) is 11.2 Å². The van der Waals surface area contributed by atoms with Crippen LogP contribution in [0.3, 0.4) is 0 Å². The Morgan fingerprint density at radius 2 is 1.90 bits per heavy atom. The minimum absolute atomic E-state index is 0.111. The molecule has 0 unspecified atom stereocenters. The van der Waals surface area contributed by atoms with Gasteiger partial charge in [-0.05, 0) is 35.9 Å². The van der Waals surface area contributed by atoms with Gasteiger partial charge in [-0.3, -0.25) is 9.52 Å². The van der Waals surface area contributed by atoms with E-state index in [4.69, 9.17) is 5.11 Å². The number of rotatable bonds is 7. The van der Waals surface area contributed by atoms with Crippen LogP contribution in [0.25, 0.3) is 16.9 Å². The van der Waals surface area contributed by atoms with Gasteiger partial charge in [-0.25, -0.2) is 13.4 Å². The molecule has 0 aliphatic carbocycles. The van der Waals surface area contributed by atoms with Gasteiger partial charge < -0.3 is 10.4 Å². The number of benzene rings is 2. The van der Waals surface area contributed by atoms with Gasteiger partial charge in [0.05, 0.1) is 30.2 Å². The van der Waals surface area contributed by atoms with Crippen LogP contribution in [0.1, 0.15) is 5.56 Å². The lowest BCUT2D eigenvalue weighted by Crippen LogP contribution is -2.09. The van der Waals surface area contributed by atoms with Crippen LogP contribution in [0.4, 0.5) is 17.3 Å². The summed E-state index contributed by atoms with van der Waals surface area (Å²) in [5, 5.41) is 20.2. The lowest BCUT2D eigenvalue weighted by molar-refractivity contribution is -0.136. The molecule has 4 rings (SSSR count). The monoisotopic (exact) mass is 439 g/mol. The van der Waals surface area contributed by atoms with Crippen molar-refractivity contribution in [1.29, 1.82) is 0 Å². The van der Waals surface area contributed by atoms with E-state index in [1.165, 1.54) is 10.9 Å². The SMILES string of the molecule is CS(=O)(=O)Nc1cccc(Nc2ncc3nnn(-c4cccc(CC(=O)O)c4)c3n2)c1. The number of hydrogen-bond acceptors (Lipinski definition) is 8. The number of carboxylic acids is 1. The van der Waals surface area contributed by atoms with Crippen molar-refractivity contribution in [2.45, 2.75) is 6.42 Å². The van der Waals surface area contributed by atoms with E-state index < -0.39 is 16.0 Å². The van der Waals surface area contributed by atoms with Crippen LogP contribution in [0.15, 0.2) is 54.7 Å². The second-order valence-electron chi connectivity index (χ2n) is 6.72. The highest BCUT2D eigenvalue weighted by Crippen LogP contribution is 2.21. The number of hydrogen-bond donors (Lipinski definition) is 3. The van der Waals surface area contributed by atoms with E-state index in [0.717, 1.165) is 6.26 Å². The van der Waals surface area contributed by atoms with Crippen LogP contribution in [-0.2, 0) is 21.2 Å². The number of carbonyl (C=O) groups is 1. The highest BCUT2D eigenvalue weighted by atomic mass is 32.2. The molecular weight excluding hydrogens is 422 g/mol. The molecule has 0 atom stereocenters. The molecule has 3 N–H and O–H groups in total. The summed E-state index contributed by atoms with van der Waals surface area (Å²) < 4.78 is 26.8. The lowest BCUT2D eigenvalue weighted by atomic mass is 10.1. The van der Waals surface area contributed by atoms with Gasteiger partial charge in [0, 0.05) is 5.69 Å². The molecular formula is C19H17N7O4S. The quantitative estimate of drug-likeness (QED) is 0.392. The Morgan fingerprint density at radius 3 is 2.68 bits per heavy atom. The normalized spacial score (nSPS) is 11.4. The molecule has 31 heavy (non-hydrogen) atoms. The van der Waals surface area contributed by atoms with Crippen molar-refractivity contribution in [2.75, 3.05) is 16.3 Å². The van der Waals surface area contributed by atoms with Crippen LogP contribution >= 0.6 is 0 Å². The number of fused-ring (bicyclic) bond motifs is 1. The third kappa shape index (κ3) is 4.93. The molecule has 0 aliphatic rings. The molecule has 158 valence electrons. The smallest absolute Gasteiger partial charge is 0.307 e. The number of sulfonamides is 1. The fourth-order valence-electron chi connectivity index (χ4n) is 2.94. The van der Waals surface area contributed by atoms with Crippen molar-refractivity contribution in [2.24, 2.45) is 0 Å². The maximum Gasteiger partial charge on any atom is 0.307 e. The maximum absolute atomic E-state index is 11.4. The lowest BCUT2D eigenvalue weighted by Gasteiger charge is -2.08. The topological polar surface area (TPSA) is 152 Å². The van der Waals surface area contributed by atoms with Gasteiger partial charge in [-0.1, -0.05) is 23.4 Å². The molecule has 2 heterocycles. The zero-order chi connectivity index (χ0) is 22.0. The number of anilines is 3. The molecule has 4 aromatic rings. The summed E-state index contributed by atoms with van der Waals surface area (Å²) in [6.07, 6.45) is 2.47. The van der Waals surface area contributed by atoms with Crippen LogP contribution in [0.2, 0.25) is 0 Å². The predicted molar refractivity (Wildman–Crippen MR) is 114 cm³/mol. The summed E-state index contributed by atoms with van der Waals surface area (Å²) in [6.45, 7) is 0. The third-order valence-corrected chi connectivity index (χ3v) is 4.73. The van der Waals surface area contributed by atoms with Crippen molar-refractivity contribution < 1.29 is 18.3 Å². The summed E-state index contributed by atoms with van der Waals surface area (Å²) in [5.74, 6) is -0.670. The standard InChI is InChI=1S/C19H17N7O4S/c1-31(29,30)24-14-6-3-5-13(10-14)21-19-20-11-16-18(22-19)26(25-23-16)15-7-2-4-12(8-15)9-17(27)28/h2-8,10-11,24H,9H2,1H3,(H,27,28)(H,20,21,22). The van der Waals surface area contributed by atoms with Gasteiger partial charge >= 0.3 is 5.97 Å². The van der Waals surface area contributed by atoms with E-state index in [1.54, 1.807) is 48.5 Å². The molecule has 0 spiro atoms. The van der Waals surface area contributed by atoms with Crippen LogP contribution < -0.4 is 10.0 Å². The fraction of sp³-hybridized carbons (Fsp3) is 0.105. The van der Waals surface area contributed by atoms with Crippen molar-refractivity contribution in [3.8, 4) is 5.69 Å². The molecule has 12 heteroatoms. The third-order valence-electron chi connectivity index (χ3n) is 4.12. The molecule has 0 radical (unpaired) electrons. The molecule has 0 amide bonds. The highest BCUT2D eigenvalue weighted by Gasteiger charge is 2.12. The van der Waals surface area contributed by atoms with Crippen molar-refractivity contribution in [3.05, 3.63) is 60.3 Å². The van der Waals surface area contributed by atoms with Crippen LogP contribution in [-0.4, -0.2) is 50.7 Å². The van der Waals surface area contributed by atoms with Crippen molar-refractivity contribution >= 4 is 44.5 Å². The first-order valence-corrected chi connectivity index (χ1v) is 10.9. The first-order valence-electron chi connectivity index (χ1n) is 9.01. The highest BCUT2D eigenvalue weighted by molar-refractivity contribution is 7.92. The summed E-state index contributed by atoms with van der Waals surface area (Å²) in [7, 11) is -3.40. The van der Waals surface area contributed by atoms with Crippen LogP contribution in [0.5, 0.6) is 0 Å². The number of nitrogens with one attached hydrogen (secondary N) is 2. The molecule has 0 saturated heterocycles. The van der Waals surface area contributed by atoms with E-state index in [1.807, 2.05) is 0 Å². The fourth-order valence-corrected chi connectivity index (χ4v) is 3.49. The predicted octanol–water partition coefficient (Wildman–Crippen LogP) is 1.95. The molecule has 0 bridgehead atoms. The van der Waals surface area contributed by atoms with Crippen molar-refractivity contribution in [3.63, 3.8) is 0 Å². The Balaban J connectivity index is 1.65. The van der Waals surface area contributed by atoms with E-state index in [2.05, 4.69) is 30.3 Å². The first-order chi connectivity index (χ1) is 14.8. The average Bonchev–Trinajstić information content (AvgIpc) is 3.10. The number of aliphatic carboxylic acids is 1. The summed E-state index contributed by atoms with van der Waals surface area (Å²) in [6, 6.07) is 13.6. The Kier molecular flexibility index (Phi) is 5.21.